The molecule has 2 heterocycles. The standard InChI is InChI=1S/C13H9ClN4O/c14-9-3-1-8(2-4-9)11-5-6-12(19-11)13-10(7-15)16-18-17-13/h1-6,16-18H. The Morgan fingerprint density at radius 1 is 1.00 bits per heavy atom. The van der Waals surface area contributed by atoms with Crippen molar-refractivity contribution in [3.05, 3.63) is 52.9 Å². The number of allylic oxidation sites excluding steroid dienone is 1. The number of hydrazine groups is 2. The van der Waals surface area contributed by atoms with E-state index >= 15 is 0 Å². The normalized spacial score (nSPS) is 13.9. The molecule has 0 amide bonds. The van der Waals surface area contributed by atoms with Gasteiger partial charge in [0.25, 0.3) is 0 Å². The van der Waals surface area contributed by atoms with Crippen molar-refractivity contribution in [2.24, 2.45) is 0 Å². The minimum absolute atomic E-state index is 0.386. The molecule has 1 aliphatic rings. The number of nitriles is 1. The van der Waals surface area contributed by atoms with Crippen LogP contribution >= 0.6 is 11.6 Å². The van der Waals surface area contributed by atoms with Crippen LogP contribution in [0.15, 0.2) is 46.5 Å². The van der Waals surface area contributed by atoms with Crippen molar-refractivity contribution >= 4 is 17.3 Å². The van der Waals surface area contributed by atoms with Gasteiger partial charge in [-0.3, -0.25) is 10.9 Å². The van der Waals surface area contributed by atoms with E-state index in [9.17, 15) is 0 Å². The number of furan rings is 1. The number of rotatable bonds is 2. The Balaban J connectivity index is 1.96. The van der Waals surface area contributed by atoms with Crippen LogP contribution in [0.5, 0.6) is 0 Å². The summed E-state index contributed by atoms with van der Waals surface area (Å²) >= 11 is 5.85. The maximum atomic E-state index is 8.95. The van der Waals surface area contributed by atoms with Crippen LogP contribution in [0.4, 0.5) is 0 Å². The fourth-order valence-corrected chi connectivity index (χ4v) is 1.92. The van der Waals surface area contributed by atoms with E-state index in [0.29, 0.717) is 27.9 Å². The summed E-state index contributed by atoms with van der Waals surface area (Å²) in [6, 6.07) is 13.0. The summed E-state index contributed by atoms with van der Waals surface area (Å²) in [4.78, 5) is 0. The van der Waals surface area contributed by atoms with Gasteiger partial charge in [0.1, 0.15) is 17.5 Å². The first-order valence-corrected chi connectivity index (χ1v) is 5.93. The lowest BCUT2D eigenvalue weighted by atomic mass is 10.2. The van der Waals surface area contributed by atoms with E-state index in [-0.39, 0.29) is 0 Å². The molecule has 0 spiro atoms. The van der Waals surface area contributed by atoms with Gasteiger partial charge in [0.05, 0.1) is 0 Å². The van der Waals surface area contributed by atoms with Gasteiger partial charge in [-0.25, -0.2) is 0 Å². The van der Waals surface area contributed by atoms with E-state index in [4.69, 9.17) is 21.3 Å². The second kappa shape index (κ2) is 4.69. The van der Waals surface area contributed by atoms with Gasteiger partial charge in [-0.05, 0) is 36.4 Å². The Morgan fingerprint density at radius 3 is 2.47 bits per heavy atom. The Morgan fingerprint density at radius 2 is 1.74 bits per heavy atom. The molecule has 5 nitrogen and oxygen atoms in total. The Hall–Kier alpha value is -2.42. The van der Waals surface area contributed by atoms with Gasteiger partial charge in [0.15, 0.2) is 11.5 Å². The molecule has 94 valence electrons. The highest BCUT2D eigenvalue weighted by molar-refractivity contribution is 6.30. The van der Waals surface area contributed by atoms with Crippen molar-refractivity contribution in [3.63, 3.8) is 0 Å². The predicted molar refractivity (Wildman–Crippen MR) is 71.1 cm³/mol. The van der Waals surface area contributed by atoms with Crippen molar-refractivity contribution in [1.29, 1.82) is 5.26 Å². The molecule has 0 saturated heterocycles. The van der Waals surface area contributed by atoms with Gasteiger partial charge in [0, 0.05) is 10.6 Å². The lowest BCUT2D eigenvalue weighted by Crippen LogP contribution is -2.32. The second-order valence-corrected chi connectivity index (χ2v) is 4.34. The Kier molecular flexibility index (Phi) is 2.88. The summed E-state index contributed by atoms with van der Waals surface area (Å²) in [5.41, 5.74) is 10.1. The minimum atomic E-state index is 0.386. The molecule has 6 heteroatoms. The predicted octanol–water partition coefficient (Wildman–Crippen LogP) is 2.40. The van der Waals surface area contributed by atoms with E-state index in [1.807, 2.05) is 24.3 Å². The Bertz CT molecular complexity index is 681. The lowest BCUT2D eigenvalue weighted by molar-refractivity contribution is 0.552. The lowest BCUT2D eigenvalue weighted by Gasteiger charge is -1.99. The fourth-order valence-electron chi connectivity index (χ4n) is 1.79. The van der Waals surface area contributed by atoms with Gasteiger partial charge < -0.3 is 4.42 Å². The number of hydrogen-bond donors (Lipinski definition) is 3. The van der Waals surface area contributed by atoms with Crippen molar-refractivity contribution in [2.45, 2.75) is 0 Å². The molecule has 0 atom stereocenters. The highest BCUT2D eigenvalue weighted by Gasteiger charge is 2.18. The maximum Gasteiger partial charge on any atom is 0.157 e. The summed E-state index contributed by atoms with van der Waals surface area (Å²) in [6.07, 6.45) is 0. The molecule has 1 aliphatic heterocycles. The first-order valence-electron chi connectivity index (χ1n) is 5.55. The van der Waals surface area contributed by atoms with Gasteiger partial charge in [-0.1, -0.05) is 11.6 Å². The van der Waals surface area contributed by atoms with Crippen LogP contribution in [0.3, 0.4) is 0 Å². The molecule has 0 bridgehead atoms. The minimum Gasteiger partial charge on any atom is -0.454 e. The summed E-state index contributed by atoms with van der Waals surface area (Å²) in [5, 5.41) is 9.62. The molecule has 19 heavy (non-hydrogen) atoms. The largest absolute Gasteiger partial charge is 0.454 e. The molecule has 3 N–H and O–H groups in total. The highest BCUT2D eigenvalue weighted by Crippen LogP contribution is 2.27. The molecule has 3 rings (SSSR count). The number of nitrogens with zero attached hydrogens (tertiary/aromatic N) is 1. The highest BCUT2D eigenvalue weighted by atomic mass is 35.5. The van der Waals surface area contributed by atoms with Crippen LogP contribution in [0, 0.1) is 11.3 Å². The average Bonchev–Trinajstić information content (AvgIpc) is 3.07. The van der Waals surface area contributed by atoms with E-state index < -0.39 is 0 Å². The van der Waals surface area contributed by atoms with Gasteiger partial charge in [-0.2, -0.15) is 5.26 Å². The van der Waals surface area contributed by atoms with Crippen LogP contribution < -0.4 is 16.4 Å². The van der Waals surface area contributed by atoms with Gasteiger partial charge in [-0.15, -0.1) is 5.53 Å². The van der Waals surface area contributed by atoms with E-state index in [1.165, 1.54) is 0 Å². The van der Waals surface area contributed by atoms with E-state index in [0.717, 1.165) is 5.56 Å². The smallest absolute Gasteiger partial charge is 0.157 e. The third-order valence-electron chi connectivity index (χ3n) is 2.72. The van der Waals surface area contributed by atoms with Crippen LogP contribution in [-0.4, -0.2) is 0 Å². The molecule has 0 unspecified atom stereocenters. The van der Waals surface area contributed by atoms with Crippen LogP contribution in [0.1, 0.15) is 5.76 Å². The molecular formula is C13H9ClN4O. The van der Waals surface area contributed by atoms with Crippen molar-refractivity contribution < 1.29 is 4.42 Å². The molecular weight excluding hydrogens is 264 g/mol. The number of benzene rings is 1. The van der Waals surface area contributed by atoms with Crippen LogP contribution in [-0.2, 0) is 0 Å². The molecule has 1 aromatic heterocycles. The molecule has 0 radical (unpaired) electrons. The summed E-state index contributed by atoms with van der Waals surface area (Å²) in [5.74, 6) is 1.30. The third-order valence-corrected chi connectivity index (χ3v) is 2.97. The molecule has 1 aromatic carbocycles. The Labute approximate surface area is 114 Å². The van der Waals surface area contributed by atoms with Crippen LogP contribution in [0.2, 0.25) is 5.02 Å². The SMILES string of the molecule is N#CC1=C(c2ccc(-c3ccc(Cl)cc3)o2)NNN1. The monoisotopic (exact) mass is 272 g/mol. The summed E-state index contributed by atoms with van der Waals surface area (Å²) < 4.78 is 5.73. The average molecular weight is 273 g/mol. The maximum absolute atomic E-state index is 8.95. The number of hydrogen-bond acceptors (Lipinski definition) is 5. The van der Waals surface area contributed by atoms with E-state index in [1.54, 1.807) is 18.2 Å². The van der Waals surface area contributed by atoms with E-state index in [2.05, 4.69) is 16.4 Å². The van der Waals surface area contributed by atoms with Crippen molar-refractivity contribution in [2.75, 3.05) is 0 Å². The van der Waals surface area contributed by atoms with Crippen molar-refractivity contribution in [3.8, 4) is 17.4 Å². The number of halogens is 1. The fraction of sp³-hybridized carbons (Fsp3) is 0. The molecule has 0 aliphatic carbocycles. The molecule has 2 aromatic rings. The first kappa shape index (κ1) is 11.7. The zero-order chi connectivity index (χ0) is 13.2. The molecule has 0 fully saturated rings. The van der Waals surface area contributed by atoms with Gasteiger partial charge >= 0.3 is 0 Å². The summed E-state index contributed by atoms with van der Waals surface area (Å²) in [7, 11) is 0. The topological polar surface area (TPSA) is 73.0 Å². The first-order chi connectivity index (χ1) is 9.28. The van der Waals surface area contributed by atoms with Crippen LogP contribution in [0.25, 0.3) is 17.0 Å². The second-order valence-electron chi connectivity index (χ2n) is 3.91. The molecule has 0 saturated carbocycles. The zero-order valence-corrected chi connectivity index (χ0v) is 10.5. The van der Waals surface area contributed by atoms with Crippen molar-refractivity contribution in [1.82, 2.24) is 16.4 Å². The summed E-state index contributed by atoms with van der Waals surface area (Å²) in [6.45, 7) is 0. The zero-order valence-electron chi connectivity index (χ0n) is 9.70. The number of nitrogens with one attached hydrogen (secondary N) is 3. The van der Waals surface area contributed by atoms with Gasteiger partial charge in [0.2, 0.25) is 0 Å². The quantitative estimate of drug-likeness (QED) is 0.783. The third kappa shape index (κ3) is 2.15.